The van der Waals surface area contributed by atoms with Crippen molar-refractivity contribution in [2.75, 3.05) is 6.61 Å². The number of rotatable bonds is 6. The normalized spacial score (nSPS) is 27.5. The molecule has 30 heavy (non-hydrogen) atoms. The van der Waals surface area contributed by atoms with Gasteiger partial charge in [0.1, 0.15) is 12.9 Å². The lowest BCUT2D eigenvalue weighted by Crippen LogP contribution is -2.51. The number of nitrogens with zero attached hydrogens (tertiary/aromatic N) is 1. The topological polar surface area (TPSA) is 55.8 Å². The maximum atomic E-state index is 12.9. The molecule has 5 nitrogen and oxygen atoms in total. The van der Waals surface area contributed by atoms with Gasteiger partial charge in [-0.3, -0.25) is 4.90 Å². The van der Waals surface area contributed by atoms with Crippen LogP contribution in [0.2, 0.25) is 18.1 Å². The molecule has 0 saturated carbocycles. The number of hydrogen-bond acceptors (Lipinski definition) is 4. The number of ether oxygens (including phenoxy) is 1. The first-order valence-electron chi connectivity index (χ1n) is 10.9. The first-order valence-corrected chi connectivity index (χ1v) is 13.8. The fourth-order valence-electron chi connectivity index (χ4n) is 4.12. The van der Waals surface area contributed by atoms with Gasteiger partial charge in [0.05, 0.1) is 23.3 Å². The zero-order valence-corrected chi connectivity index (χ0v) is 20.1. The van der Waals surface area contributed by atoms with E-state index in [1.807, 2.05) is 43.3 Å². The van der Waals surface area contributed by atoms with Crippen LogP contribution >= 0.6 is 0 Å². The van der Waals surface area contributed by atoms with Crippen LogP contribution in [0.15, 0.2) is 42.2 Å². The van der Waals surface area contributed by atoms with Gasteiger partial charge < -0.3 is 14.0 Å². The van der Waals surface area contributed by atoms with E-state index < -0.39 is 13.7 Å². The molecule has 1 fully saturated rings. The predicted molar refractivity (Wildman–Crippen MR) is 121 cm³/mol. The van der Waals surface area contributed by atoms with Gasteiger partial charge in [0.25, 0.3) is 0 Å². The van der Waals surface area contributed by atoms with Crippen molar-refractivity contribution >= 4 is 20.7 Å². The Morgan fingerprint density at radius 2 is 1.93 bits per heavy atom. The molecule has 0 bridgehead atoms. The van der Waals surface area contributed by atoms with E-state index in [0.29, 0.717) is 25.9 Å². The fourth-order valence-corrected chi connectivity index (χ4v) is 5.25. The number of aldehydes is 1. The molecule has 0 aromatic heterocycles. The first kappa shape index (κ1) is 22.6. The van der Waals surface area contributed by atoms with E-state index in [1.54, 1.807) is 4.90 Å². The van der Waals surface area contributed by atoms with Gasteiger partial charge >= 0.3 is 6.09 Å². The van der Waals surface area contributed by atoms with Gasteiger partial charge in [0.15, 0.2) is 0 Å². The Morgan fingerprint density at radius 3 is 2.50 bits per heavy atom. The minimum absolute atomic E-state index is 0.0758. The molecular weight excluding hydrogens is 394 g/mol. The molecule has 1 amide bonds. The van der Waals surface area contributed by atoms with E-state index in [-0.39, 0.29) is 23.2 Å². The van der Waals surface area contributed by atoms with E-state index in [2.05, 4.69) is 33.9 Å². The van der Waals surface area contributed by atoms with Gasteiger partial charge in [0, 0.05) is 6.42 Å². The van der Waals surface area contributed by atoms with Gasteiger partial charge in [-0.15, -0.1) is 0 Å². The molecule has 6 heteroatoms. The Labute approximate surface area is 181 Å². The maximum Gasteiger partial charge on any atom is 0.411 e. The summed E-state index contributed by atoms with van der Waals surface area (Å²) in [5, 5.41) is 0.0758. The molecule has 164 valence electrons. The minimum atomic E-state index is -2.02. The lowest BCUT2D eigenvalue weighted by Gasteiger charge is -2.45. The first-order chi connectivity index (χ1) is 14.0. The number of hydrogen-bond donors (Lipinski definition) is 0. The van der Waals surface area contributed by atoms with Gasteiger partial charge in [-0.2, -0.15) is 0 Å². The van der Waals surface area contributed by atoms with E-state index in [4.69, 9.17) is 9.16 Å². The van der Waals surface area contributed by atoms with Crippen molar-refractivity contribution in [1.29, 1.82) is 0 Å². The number of carbonyl (C=O) groups is 2. The van der Waals surface area contributed by atoms with Crippen molar-refractivity contribution in [3.63, 3.8) is 0 Å². The number of allylic oxidation sites excluding steroid dienone is 1. The van der Waals surface area contributed by atoms with Crippen LogP contribution < -0.4 is 0 Å². The van der Waals surface area contributed by atoms with Crippen molar-refractivity contribution in [3.8, 4) is 0 Å². The highest BCUT2D eigenvalue weighted by Crippen LogP contribution is 2.46. The lowest BCUT2D eigenvalue weighted by atomic mass is 9.71. The molecule has 1 saturated heterocycles. The van der Waals surface area contributed by atoms with Crippen molar-refractivity contribution < 1.29 is 18.8 Å². The molecule has 1 aromatic carbocycles. The molecule has 0 N–H and O–H groups in total. The third-order valence-corrected chi connectivity index (χ3v) is 11.6. The average Bonchev–Trinajstić information content (AvgIpc) is 3.09. The molecule has 1 aliphatic heterocycles. The predicted octanol–water partition coefficient (Wildman–Crippen LogP) is 5.84. The summed E-state index contributed by atoms with van der Waals surface area (Å²) in [7, 11) is -2.02. The molecule has 1 heterocycles. The Bertz CT molecular complexity index is 814. The largest absolute Gasteiger partial charge is 0.547 e. The molecule has 1 aromatic rings. The zero-order valence-electron chi connectivity index (χ0n) is 19.1. The number of amides is 1. The van der Waals surface area contributed by atoms with Crippen LogP contribution in [0.5, 0.6) is 0 Å². The monoisotopic (exact) mass is 429 g/mol. The second-order valence-electron chi connectivity index (χ2n) is 10.1. The van der Waals surface area contributed by atoms with Crippen LogP contribution in [0.4, 0.5) is 4.79 Å². The number of carbonyl (C=O) groups excluding carboxylic acids is 2. The highest BCUT2D eigenvalue weighted by Gasteiger charge is 2.50. The van der Waals surface area contributed by atoms with Crippen molar-refractivity contribution in [2.24, 2.45) is 5.41 Å². The Balaban J connectivity index is 2.02. The zero-order chi connectivity index (χ0) is 22.2. The summed E-state index contributed by atoms with van der Waals surface area (Å²) in [5.41, 5.74) is 0.390. The standard InChI is InChI=1S/C24H35NO4Si/c1-7-24(17-26)14-13-19(29-30(5,6)23(2,3)4)15-21(24)25-20(16-28-22(25)27)18-11-9-8-10-12-18/h8-12,15,17,20-21H,7,13-14,16H2,1-6H3/t20-,21+,24+/m0/s1. The van der Waals surface area contributed by atoms with Gasteiger partial charge in [0.2, 0.25) is 8.32 Å². The molecule has 0 radical (unpaired) electrons. The SMILES string of the molecule is CC[C@]1(C=O)CCC(O[Si](C)(C)C(C)(C)C)=C[C@H]1N1C(=O)OC[C@H]1c1ccccc1. The summed E-state index contributed by atoms with van der Waals surface area (Å²) >= 11 is 0. The second-order valence-corrected chi connectivity index (χ2v) is 14.8. The Hall–Kier alpha value is -2.08. The van der Waals surface area contributed by atoms with E-state index in [1.165, 1.54) is 0 Å². The summed E-state index contributed by atoms with van der Waals surface area (Å²) < 4.78 is 12.1. The van der Waals surface area contributed by atoms with E-state index in [9.17, 15) is 9.59 Å². The number of benzene rings is 1. The molecule has 3 rings (SSSR count). The molecule has 3 atom stereocenters. The van der Waals surface area contributed by atoms with Crippen LogP contribution in [0.3, 0.4) is 0 Å². The van der Waals surface area contributed by atoms with Crippen molar-refractivity contribution in [1.82, 2.24) is 4.90 Å². The van der Waals surface area contributed by atoms with Crippen LogP contribution in [0.25, 0.3) is 0 Å². The van der Waals surface area contributed by atoms with Crippen LogP contribution in [-0.2, 0) is 14.0 Å². The summed E-state index contributed by atoms with van der Waals surface area (Å²) in [6.07, 6.45) is 4.77. The number of cyclic esters (lactones) is 1. The smallest absolute Gasteiger partial charge is 0.411 e. The van der Waals surface area contributed by atoms with Gasteiger partial charge in [-0.25, -0.2) is 4.79 Å². The molecular formula is C24H35NO4Si. The van der Waals surface area contributed by atoms with Crippen LogP contribution in [0, 0.1) is 5.41 Å². The third kappa shape index (κ3) is 4.06. The Morgan fingerprint density at radius 1 is 1.27 bits per heavy atom. The van der Waals surface area contributed by atoms with E-state index in [0.717, 1.165) is 17.6 Å². The summed E-state index contributed by atoms with van der Waals surface area (Å²) in [6.45, 7) is 13.4. The summed E-state index contributed by atoms with van der Waals surface area (Å²) in [5.74, 6) is 0.907. The highest BCUT2D eigenvalue weighted by atomic mass is 28.4. The fraction of sp³-hybridized carbons (Fsp3) is 0.583. The second kappa shape index (κ2) is 8.21. The Kier molecular flexibility index (Phi) is 6.19. The molecule has 2 aliphatic rings. The quantitative estimate of drug-likeness (QED) is 0.421. The third-order valence-electron chi connectivity index (χ3n) is 7.25. The average molecular weight is 430 g/mol. The van der Waals surface area contributed by atoms with Gasteiger partial charge in [-0.05, 0) is 42.6 Å². The van der Waals surface area contributed by atoms with Crippen molar-refractivity contribution in [2.45, 2.75) is 77.2 Å². The molecule has 0 unspecified atom stereocenters. The van der Waals surface area contributed by atoms with Crippen LogP contribution in [0.1, 0.15) is 58.6 Å². The van der Waals surface area contributed by atoms with Crippen LogP contribution in [-0.4, -0.2) is 38.2 Å². The van der Waals surface area contributed by atoms with E-state index >= 15 is 0 Å². The summed E-state index contributed by atoms with van der Waals surface area (Å²) in [6, 6.07) is 9.31. The lowest BCUT2D eigenvalue weighted by molar-refractivity contribution is -0.119. The molecule has 0 spiro atoms. The molecule has 1 aliphatic carbocycles. The highest BCUT2D eigenvalue weighted by molar-refractivity contribution is 6.74. The van der Waals surface area contributed by atoms with Crippen molar-refractivity contribution in [3.05, 3.63) is 47.7 Å². The maximum absolute atomic E-state index is 12.9. The summed E-state index contributed by atoms with van der Waals surface area (Å²) in [4.78, 5) is 27.0. The minimum Gasteiger partial charge on any atom is -0.547 e. The van der Waals surface area contributed by atoms with Gasteiger partial charge in [-0.1, -0.05) is 58.0 Å².